The van der Waals surface area contributed by atoms with Gasteiger partial charge in [-0.1, -0.05) is 225 Å². The van der Waals surface area contributed by atoms with Gasteiger partial charge in [-0.15, -0.1) is 0 Å². The Morgan fingerprint density at radius 2 is 0.789 bits per heavy atom. The van der Waals surface area contributed by atoms with E-state index >= 15 is 0 Å². The molecule has 0 saturated heterocycles. The molecule has 4 saturated carbocycles. The van der Waals surface area contributed by atoms with Crippen molar-refractivity contribution in [2.45, 2.75) is 276 Å². The lowest BCUT2D eigenvalue weighted by Crippen LogP contribution is -2.53. The van der Waals surface area contributed by atoms with E-state index in [1.807, 2.05) is 0 Å². The molecule has 0 amide bonds. The molecule has 0 heterocycles. The van der Waals surface area contributed by atoms with Crippen molar-refractivity contribution >= 4 is 0 Å². The second-order valence-corrected chi connectivity index (χ2v) is 24.6. The molecule has 0 N–H and O–H groups in total. The molecule has 9 unspecified atom stereocenters. The van der Waals surface area contributed by atoms with Crippen molar-refractivity contribution in [2.24, 2.45) is 87.8 Å². The summed E-state index contributed by atoms with van der Waals surface area (Å²) in [6.45, 7) is 32.2. The van der Waals surface area contributed by atoms with Gasteiger partial charge < -0.3 is 0 Å². The lowest BCUT2D eigenvalue weighted by atomic mass is 9.44. The minimum Gasteiger partial charge on any atom is -0.0628 e. The predicted molar refractivity (Wildman–Crippen MR) is 258 cm³/mol. The first-order valence-electron chi connectivity index (χ1n) is 27.1. The summed E-state index contributed by atoms with van der Waals surface area (Å²) in [7, 11) is 0. The second kappa shape index (κ2) is 26.5. The molecule has 0 aliphatic heterocycles. The minimum absolute atomic E-state index is 0.677. The zero-order valence-electron chi connectivity index (χ0n) is 42.0. The molecule has 338 valence electrons. The van der Waals surface area contributed by atoms with Gasteiger partial charge in [0.05, 0.1) is 0 Å². The van der Waals surface area contributed by atoms with E-state index in [1.54, 1.807) is 51.4 Å². The number of hydrogen-bond acceptors (Lipinski definition) is 0. The fraction of sp³-hybridized carbons (Fsp3) is 1.00. The Morgan fingerprint density at radius 1 is 0.368 bits per heavy atom. The zero-order chi connectivity index (χ0) is 42.0. The first kappa shape index (κ1) is 51.4. The molecular formula is C57H110. The molecule has 0 radical (unpaired) electrons. The maximum Gasteiger partial charge on any atom is -0.0264 e. The zero-order valence-corrected chi connectivity index (χ0v) is 42.0. The van der Waals surface area contributed by atoms with Crippen molar-refractivity contribution in [3.8, 4) is 0 Å². The lowest BCUT2D eigenvalue weighted by molar-refractivity contribution is -0.114. The van der Waals surface area contributed by atoms with Crippen molar-refractivity contribution in [1.82, 2.24) is 0 Å². The summed E-state index contributed by atoms with van der Waals surface area (Å²) in [5.74, 6) is 12.7. The third kappa shape index (κ3) is 17.4. The Balaban J connectivity index is 0.000000306. The maximum atomic E-state index is 2.75. The summed E-state index contributed by atoms with van der Waals surface area (Å²) in [4.78, 5) is 0. The van der Waals surface area contributed by atoms with E-state index in [1.165, 1.54) is 135 Å². The Labute approximate surface area is 362 Å². The van der Waals surface area contributed by atoms with Crippen LogP contribution in [-0.2, 0) is 0 Å². The van der Waals surface area contributed by atoms with Gasteiger partial charge in [-0.25, -0.2) is 0 Å². The lowest BCUT2D eigenvalue weighted by Gasteiger charge is -2.61. The van der Waals surface area contributed by atoms with E-state index in [9.17, 15) is 0 Å². The highest BCUT2D eigenvalue weighted by atomic mass is 14.6. The Morgan fingerprint density at radius 3 is 1.26 bits per heavy atom. The third-order valence-electron chi connectivity index (χ3n) is 18.2. The van der Waals surface area contributed by atoms with Gasteiger partial charge >= 0.3 is 0 Å². The first-order valence-corrected chi connectivity index (χ1v) is 27.1. The maximum absolute atomic E-state index is 2.75. The highest BCUT2D eigenvalue weighted by Gasteiger charge is 2.60. The molecule has 12 atom stereocenters. The fourth-order valence-electron chi connectivity index (χ4n) is 14.3. The molecule has 0 spiro atoms. The van der Waals surface area contributed by atoms with Crippen LogP contribution in [0.3, 0.4) is 0 Å². The Hall–Kier alpha value is 0. The van der Waals surface area contributed by atoms with Crippen molar-refractivity contribution in [3.05, 3.63) is 0 Å². The van der Waals surface area contributed by atoms with Crippen LogP contribution in [0, 0.1) is 87.8 Å². The third-order valence-corrected chi connectivity index (χ3v) is 18.2. The van der Waals surface area contributed by atoms with Crippen LogP contribution < -0.4 is 0 Å². The van der Waals surface area contributed by atoms with Gasteiger partial charge in [-0.2, -0.15) is 0 Å². The van der Waals surface area contributed by atoms with Crippen LogP contribution in [0.2, 0.25) is 0 Å². The molecular weight excluding hydrogens is 685 g/mol. The summed E-state index contributed by atoms with van der Waals surface area (Å²) in [6.07, 6.45) is 43.1. The monoisotopic (exact) mass is 795 g/mol. The molecule has 57 heavy (non-hydrogen) atoms. The van der Waals surface area contributed by atoms with E-state index in [0.29, 0.717) is 10.8 Å². The van der Waals surface area contributed by atoms with E-state index < -0.39 is 0 Å². The van der Waals surface area contributed by atoms with E-state index in [2.05, 4.69) is 90.0 Å². The van der Waals surface area contributed by atoms with Crippen LogP contribution in [0.5, 0.6) is 0 Å². The summed E-state index contributed by atoms with van der Waals surface area (Å²) in [6, 6.07) is 0. The number of unbranched alkanes of at least 4 members (excludes halogenated alkanes) is 1. The summed E-state index contributed by atoms with van der Waals surface area (Å²) in [5, 5.41) is 0. The normalized spacial score (nSPS) is 31.3. The largest absolute Gasteiger partial charge is 0.0628 e. The Kier molecular flexibility index (Phi) is 23.8. The highest BCUT2D eigenvalue weighted by molar-refractivity contribution is 5.09. The van der Waals surface area contributed by atoms with E-state index in [4.69, 9.17) is 0 Å². The molecule has 0 aromatic heterocycles. The van der Waals surface area contributed by atoms with Crippen LogP contribution in [0.1, 0.15) is 276 Å². The van der Waals surface area contributed by atoms with Gasteiger partial charge in [0.1, 0.15) is 0 Å². The molecule has 4 rings (SSSR count). The first-order chi connectivity index (χ1) is 27.1. The molecule has 0 bridgehead atoms. The highest BCUT2D eigenvalue weighted by Crippen LogP contribution is 2.68. The van der Waals surface area contributed by atoms with Crippen LogP contribution in [0.25, 0.3) is 0 Å². The Bertz CT molecular complexity index is 972. The summed E-state index contributed by atoms with van der Waals surface area (Å²) < 4.78 is 0. The fourth-order valence-corrected chi connectivity index (χ4v) is 14.3. The molecule has 4 fully saturated rings. The molecule has 0 heteroatoms. The van der Waals surface area contributed by atoms with Crippen LogP contribution in [0.15, 0.2) is 0 Å². The molecule has 0 aromatic carbocycles. The average molecular weight is 796 g/mol. The average Bonchev–Trinajstić information content (AvgIpc) is 3.50. The smallest absolute Gasteiger partial charge is 0.0264 e. The number of rotatable bonds is 26. The van der Waals surface area contributed by atoms with E-state index in [-0.39, 0.29) is 0 Å². The second-order valence-electron chi connectivity index (χ2n) is 24.6. The standard InChI is InChI=1S/C30H62.C27H48/c1-25(2)15-11-19-29(7)23-13-21-27(5)17-9-10-18-28(6)22-14-24-30(8)20-12-16-26(3)4;1-19(2)9-8-10-20(3)23-14-15-24-22-13-12-21-11-6-7-17-26(21,4)25(22)16-18-27(23,24)5/h25-30H,9-24H2,1-8H3;19-25H,6-18H2,1-5H3/t;20-,21?,22?,23?,24?,25?,26+,27-/m.1/s1. The van der Waals surface area contributed by atoms with Gasteiger partial charge in [0.2, 0.25) is 0 Å². The minimum atomic E-state index is 0.677. The van der Waals surface area contributed by atoms with Gasteiger partial charge in [0.25, 0.3) is 0 Å². The molecule has 4 aliphatic carbocycles. The van der Waals surface area contributed by atoms with Crippen molar-refractivity contribution in [1.29, 1.82) is 0 Å². The summed E-state index contributed by atoms with van der Waals surface area (Å²) in [5.41, 5.74) is 1.39. The van der Waals surface area contributed by atoms with Gasteiger partial charge in [-0.05, 0) is 139 Å². The molecule has 0 nitrogen and oxygen atoms in total. The van der Waals surface area contributed by atoms with Crippen LogP contribution in [0.4, 0.5) is 0 Å². The van der Waals surface area contributed by atoms with E-state index in [0.717, 1.165) is 76.9 Å². The van der Waals surface area contributed by atoms with Crippen molar-refractivity contribution in [2.75, 3.05) is 0 Å². The predicted octanol–water partition coefficient (Wildman–Crippen LogP) is 19.6. The SMILES string of the molecule is CC(C)CCCC(C)CCCC(C)CCCCC(C)CCCC(C)CCCC(C)C.CC(C)CCC[C@@H](C)C1CCC2C3CCC4CCCC[C@]4(C)C3CC[C@@]21C. The van der Waals surface area contributed by atoms with Gasteiger partial charge in [0, 0.05) is 0 Å². The topological polar surface area (TPSA) is 0 Å². The molecule has 4 aliphatic rings. The van der Waals surface area contributed by atoms with Crippen LogP contribution in [-0.4, -0.2) is 0 Å². The quantitative estimate of drug-likeness (QED) is 0.0765. The summed E-state index contributed by atoms with van der Waals surface area (Å²) >= 11 is 0. The van der Waals surface area contributed by atoms with Gasteiger partial charge in [0.15, 0.2) is 0 Å². The number of hydrogen-bond donors (Lipinski definition) is 0. The van der Waals surface area contributed by atoms with Crippen molar-refractivity contribution in [3.63, 3.8) is 0 Å². The van der Waals surface area contributed by atoms with Gasteiger partial charge in [-0.3, -0.25) is 0 Å². The van der Waals surface area contributed by atoms with Crippen molar-refractivity contribution < 1.29 is 0 Å². The molecule has 0 aromatic rings. The number of fused-ring (bicyclic) bond motifs is 5. The van der Waals surface area contributed by atoms with Crippen LogP contribution >= 0.6 is 0 Å².